The summed E-state index contributed by atoms with van der Waals surface area (Å²) < 4.78 is 0. The Morgan fingerprint density at radius 3 is 2.88 bits per heavy atom. The first kappa shape index (κ1) is 21.1. The fourth-order valence-electron chi connectivity index (χ4n) is 3.95. The Balaban J connectivity index is 1.27. The zero-order valence-corrected chi connectivity index (χ0v) is 18.6. The number of carbonyl (C=O) groups is 1. The second kappa shape index (κ2) is 9.02. The molecule has 0 unspecified atom stereocenters. The van der Waals surface area contributed by atoms with Crippen LogP contribution in [-0.2, 0) is 13.0 Å². The van der Waals surface area contributed by atoms with Gasteiger partial charge in [0.05, 0.1) is 17.7 Å². The van der Waals surface area contributed by atoms with Crippen LogP contribution in [0.2, 0.25) is 5.02 Å². The van der Waals surface area contributed by atoms with E-state index >= 15 is 0 Å². The lowest BCUT2D eigenvalue weighted by molar-refractivity contribution is 0.0950. The smallest absolute Gasteiger partial charge is 0.251 e. The van der Waals surface area contributed by atoms with Gasteiger partial charge in [0.15, 0.2) is 0 Å². The van der Waals surface area contributed by atoms with Crippen LogP contribution < -0.4 is 16.2 Å². The summed E-state index contributed by atoms with van der Waals surface area (Å²) in [5.41, 5.74) is 6.31. The summed E-state index contributed by atoms with van der Waals surface area (Å²) in [5.74, 6) is 5.85. The molecule has 7 heteroatoms. The van der Waals surface area contributed by atoms with Crippen LogP contribution in [0, 0.1) is 0 Å². The lowest BCUT2D eigenvalue weighted by atomic mass is 10.0. The summed E-state index contributed by atoms with van der Waals surface area (Å²) in [5, 5.41) is 6.35. The Morgan fingerprint density at radius 1 is 1.06 bits per heavy atom. The molecule has 0 aliphatic carbocycles. The number of fused-ring (bicyclic) bond motifs is 2. The molecule has 3 N–H and O–H groups in total. The van der Waals surface area contributed by atoms with E-state index in [-0.39, 0.29) is 5.91 Å². The lowest BCUT2D eigenvalue weighted by Gasteiger charge is -2.23. The van der Waals surface area contributed by atoms with Gasteiger partial charge in [-0.3, -0.25) is 14.8 Å². The van der Waals surface area contributed by atoms with E-state index in [1.807, 2.05) is 54.7 Å². The second-order valence-corrected chi connectivity index (χ2v) is 8.46. The molecule has 1 aliphatic rings. The van der Waals surface area contributed by atoms with Gasteiger partial charge in [-0.1, -0.05) is 29.8 Å². The molecule has 0 fully saturated rings. The summed E-state index contributed by atoms with van der Waals surface area (Å²) >= 11 is 6.11. The van der Waals surface area contributed by atoms with Crippen molar-refractivity contribution in [3.8, 4) is 0 Å². The van der Waals surface area contributed by atoms with Gasteiger partial charge in [-0.05, 0) is 65.2 Å². The maximum Gasteiger partial charge on any atom is 0.251 e. The van der Waals surface area contributed by atoms with Crippen molar-refractivity contribution in [2.24, 2.45) is 5.84 Å². The third kappa shape index (κ3) is 4.72. The summed E-state index contributed by atoms with van der Waals surface area (Å²) in [6.07, 6.45) is 8.13. The number of halogens is 1. The van der Waals surface area contributed by atoms with E-state index in [4.69, 9.17) is 17.4 Å². The first-order chi connectivity index (χ1) is 16.0. The van der Waals surface area contributed by atoms with E-state index in [0.29, 0.717) is 30.1 Å². The van der Waals surface area contributed by atoms with Gasteiger partial charge in [-0.2, -0.15) is 0 Å². The van der Waals surface area contributed by atoms with E-state index in [9.17, 15) is 4.79 Å². The number of aromatic nitrogens is 2. The summed E-state index contributed by atoms with van der Waals surface area (Å²) in [4.78, 5) is 21.7. The van der Waals surface area contributed by atoms with Gasteiger partial charge in [0.25, 0.3) is 5.91 Å². The standard InChI is InChI=1S/C26H22ClN5O/c27-22-4-5-24-21(13-22)11-18(16-30-24)12-23-14-20(7-8-29-23)26(33)31-15-17-3-6-25-19(10-17)2-1-9-32(25)28/h1-8,10-11,13-14,16H,9,12,15,28H2,(H,31,33). The van der Waals surface area contributed by atoms with Crippen LogP contribution in [0.25, 0.3) is 17.0 Å². The molecule has 0 bridgehead atoms. The average molecular weight is 456 g/mol. The molecule has 5 rings (SSSR count). The number of benzene rings is 2. The van der Waals surface area contributed by atoms with E-state index < -0.39 is 0 Å². The Labute approximate surface area is 196 Å². The second-order valence-electron chi connectivity index (χ2n) is 8.02. The monoisotopic (exact) mass is 455 g/mol. The Kier molecular flexibility index (Phi) is 5.77. The van der Waals surface area contributed by atoms with Crippen LogP contribution in [0.4, 0.5) is 5.69 Å². The molecule has 0 radical (unpaired) electrons. The van der Waals surface area contributed by atoms with Crippen molar-refractivity contribution in [1.82, 2.24) is 15.3 Å². The number of nitrogens with one attached hydrogen (secondary N) is 1. The molecule has 1 amide bonds. The van der Waals surface area contributed by atoms with Gasteiger partial charge in [-0.15, -0.1) is 0 Å². The topological polar surface area (TPSA) is 84.1 Å². The highest BCUT2D eigenvalue weighted by atomic mass is 35.5. The van der Waals surface area contributed by atoms with Gasteiger partial charge in [-0.25, -0.2) is 5.84 Å². The molecule has 0 spiro atoms. The zero-order valence-electron chi connectivity index (χ0n) is 17.8. The van der Waals surface area contributed by atoms with Gasteiger partial charge in [0, 0.05) is 47.0 Å². The largest absolute Gasteiger partial charge is 0.348 e. The number of rotatable bonds is 5. The highest BCUT2D eigenvalue weighted by molar-refractivity contribution is 6.31. The fourth-order valence-corrected chi connectivity index (χ4v) is 4.14. The maximum absolute atomic E-state index is 12.8. The molecular weight excluding hydrogens is 434 g/mol. The van der Waals surface area contributed by atoms with E-state index in [0.717, 1.165) is 39.0 Å². The summed E-state index contributed by atoms with van der Waals surface area (Å²) in [6.45, 7) is 1.12. The van der Waals surface area contributed by atoms with Crippen molar-refractivity contribution in [2.75, 3.05) is 11.6 Å². The molecule has 33 heavy (non-hydrogen) atoms. The molecule has 0 saturated heterocycles. The number of amides is 1. The molecule has 0 atom stereocenters. The molecule has 6 nitrogen and oxygen atoms in total. The summed E-state index contributed by atoms with van der Waals surface area (Å²) in [7, 11) is 0. The number of nitrogens with zero attached hydrogens (tertiary/aromatic N) is 3. The number of pyridine rings is 2. The lowest BCUT2D eigenvalue weighted by Crippen LogP contribution is -2.33. The minimum atomic E-state index is -0.143. The minimum Gasteiger partial charge on any atom is -0.348 e. The number of nitrogens with two attached hydrogens (primary N) is 1. The minimum absolute atomic E-state index is 0.143. The molecule has 0 saturated carbocycles. The van der Waals surface area contributed by atoms with Crippen molar-refractivity contribution < 1.29 is 4.79 Å². The molecule has 1 aliphatic heterocycles. The van der Waals surface area contributed by atoms with Gasteiger partial charge < -0.3 is 10.3 Å². The number of hydrogen-bond donors (Lipinski definition) is 2. The van der Waals surface area contributed by atoms with Crippen LogP contribution >= 0.6 is 11.6 Å². The number of anilines is 1. The van der Waals surface area contributed by atoms with Crippen molar-refractivity contribution in [3.05, 3.63) is 106 Å². The quantitative estimate of drug-likeness (QED) is 0.432. The maximum atomic E-state index is 12.8. The van der Waals surface area contributed by atoms with Gasteiger partial charge in [0.1, 0.15) is 0 Å². The predicted molar refractivity (Wildman–Crippen MR) is 132 cm³/mol. The Hall–Kier alpha value is -3.74. The number of hydrogen-bond acceptors (Lipinski definition) is 5. The highest BCUT2D eigenvalue weighted by Crippen LogP contribution is 2.25. The van der Waals surface area contributed by atoms with Crippen molar-refractivity contribution >= 4 is 40.2 Å². The highest BCUT2D eigenvalue weighted by Gasteiger charge is 2.12. The van der Waals surface area contributed by atoms with Crippen LogP contribution in [-0.4, -0.2) is 22.4 Å². The molecule has 164 valence electrons. The molecule has 2 aromatic carbocycles. The molecular formula is C26H22ClN5O. The third-order valence-corrected chi connectivity index (χ3v) is 5.85. The molecule has 2 aromatic heterocycles. The van der Waals surface area contributed by atoms with E-state index in [1.165, 1.54) is 0 Å². The van der Waals surface area contributed by atoms with Crippen molar-refractivity contribution in [1.29, 1.82) is 0 Å². The van der Waals surface area contributed by atoms with Crippen LogP contribution in [0.5, 0.6) is 0 Å². The summed E-state index contributed by atoms with van der Waals surface area (Å²) in [6, 6.07) is 17.2. The van der Waals surface area contributed by atoms with E-state index in [2.05, 4.69) is 27.4 Å². The average Bonchev–Trinajstić information content (AvgIpc) is 2.82. The normalized spacial score (nSPS) is 12.6. The Bertz CT molecular complexity index is 1380. The number of carbonyl (C=O) groups excluding carboxylic acids is 1. The van der Waals surface area contributed by atoms with Gasteiger partial charge >= 0.3 is 0 Å². The van der Waals surface area contributed by atoms with E-state index in [1.54, 1.807) is 17.3 Å². The zero-order chi connectivity index (χ0) is 22.8. The predicted octanol–water partition coefficient (Wildman–Crippen LogP) is 4.51. The first-order valence-corrected chi connectivity index (χ1v) is 11.0. The molecule has 4 aromatic rings. The first-order valence-electron chi connectivity index (χ1n) is 10.6. The van der Waals surface area contributed by atoms with Gasteiger partial charge in [0.2, 0.25) is 0 Å². The van der Waals surface area contributed by atoms with Crippen LogP contribution in [0.1, 0.15) is 32.7 Å². The SMILES string of the molecule is NN1CC=Cc2cc(CNC(=O)c3ccnc(Cc4cnc5ccc(Cl)cc5c4)c3)ccc21. The number of hydrazine groups is 1. The van der Waals surface area contributed by atoms with Crippen LogP contribution in [0.15, 0.2) is 73.1 Å². The Morgan fingerprint density at radius 2 is 1.97 bits per heavy atom. The fraction of sp³-hybridized carbons (Fsp3) is 0.115. The van der Waals surface area contributed by atoms with Crippen molar-refractivity contribution in [3.63, 3.8) is 0 Å². The third-order valence-electron chi connectivity index (χ3n) is 5.62. The van der Waals surface area contributed by atoms with Crippen molar-refractivity contribution in [2.45, 2.75) is 13.0 Å². The van der Waals surface area contributed by atoms with Crippen LogP contribution in [0.3, 0.4) is 0 Å². The molecule has 3 heterocycles.